The second-order valence-electron chi connectivity index (χ2n) is 5.39. The lowest BCUT2D eigenvalue weighted by atomic mass is 9.87. The van der Waals surface area contributed by atoms with E-state index < -0.39 is 5.54 Å². The van der Waals surface area contributed by atoms with E-state index in [4.69, 9.17) is 0 Å². The molecule has 1 aromatic carbocycles. The van der Waals surface area contributed by atoms with Gasteiger partial charge in [-0.2, -0.15) is 0 Å². The molecule has 0 saturated heterocycles. The summed E-state index contributed by atoms with van der Waals surface area (Å²) >= 11 is 3.14. The number of nitrogens with one attached hydrogen (secondary N) is 2. The average molecular weight is 327 g/mol. The topological polar surface area (TPSA) is 41.1 Å². The molecule has 0 unspecified atom stereocenters. The highest BCUT2D eigenvalue weighted by atomic mass is 79.9. The molecule has 2 N–H and O–H groups in total. The Morgan fingerprint density at radius 3 is 2.47 bits per heavy atom. The Kier molecular flexibility index (Phi) is 3.25. The summed E-state index contributed by atoms with van der Waals surface area (Å²) in [7, 11) is 0. The van der Waals surface area contributed by atoms with Crippen LogP contribution in [0.4, 0.5) is 15.8 Å². The molecular weight excluding hydrogens is 311 g/mol. The van der Waals surface area contributed by atoms with Crippen molar-refractivity contribution in [3.8, 4) is 0 Å². The Hall–Kier alpha value is -1.10. The SMILES string of the molecule is O=C1Nc2cc(Br)c(F)cc2NC12CCCCCC2. The van der Waals surface area contributed by atoms with Gasteiger partial charge in [-0.05, 0) is 34.8 Å². The van der Waals surface area contributed by atoms with Crippen LogP contribution in [0, 0.1) is 5.82 Å². The van der Waals surface area contributed by atoms with E-state index in [1.54, 1.807) is 6.07 Å². The largest absolute Gasteiger partial charge is 0.369 e. The first-order chi connectivity index (χ1) is 9.11. The van der Waals surface area contributed by atoms with Crippen LogP contribution in [-0.2, 0) is 4.79 Å². The lowest BCUT2D eigenvalue weighted by molar-refractivity contribution is -0.121. The molecule has 0 bridgehead atoms. The number of benzene rings is 1. The molecule has 0 atom stereocenters. The van der Waals surface area contributed by atoms with Gasteiger partial charge in [-0.25, -0.2) is 4.39 Å². The number of amides is 1. The lowest BCUT2D eigenvalue weighted by Crippen LogP contribution is -2.52. The molecule has 1 aliphatic heterocycles. The minimum absolute atomic E-state index is 0.0143. The zero-order chi connectivity index (χ0) is 13.5. The second kappa shape index (κ2) is 4.78. The molecule has 1 amide bonds. The molecule has 1 saturated carbocycles. The van der Waals surface area contributed by atoms with Gasteiger partial charge in [0, 0.05) is 6.07 Å². The number of carbonyl (C=O) groups excluding carboxylic acids is 1. The van der Waals surface area contributed by atoms with Gasteiger partial charge in [0.1, 0.15) is 11.4 Å². The predicted octanol–water partition coefficient (Wildman–Crippen LogP) is 4.05. The number of anilines is 2. The smallest absolute Gasteiger partial charge is 0.250 e. The molecule has 0 radical (unpaired) electrons. The first-order valence-electron chi connectivity index (χ1n) is 6.69. The Bertz CT molecular complexity index is 524. The highest BCUT2D eigenvalue weighted by Gasteiger charge is 2.42. The van der Waals surface area contributed by atoms with E-state index in [1.165, 1.54) is 6.07 Å². The van der Waals surface area contributed by atoms with Crippen molar-refractivity contribution < 1.29 is 9.18 Å². The van der Waals surface area contributed by atoms with Crippen molar-refractivity contribution in [2.24, 2.45) is 0 Å². The van der Waals surface area contributed by atoms with Gasteiger partial charge in [-0.1, -0.05) is 25.7 Å². The van der Waals surface area contributed by atoms with Crippen LogP contribution in [-0.4, -0.2) is 11.4 Å². The van der Waals surface area contributed by atoms with Gasteiger partial charge >= 0.3 is 0 Å². The van der Waals surface area contributed by atoms with E-state index in [-0.39, 0.29) is 11.7 Å². The number of rotatable bonds is 0. The minimum atomic E-state index is -0.552. The van der Waals surface area contributed by atoms with Crippen LogP contribution in [0.3, 0.4) is 0 Å². The molecule has 5 heteroatoms. The van der Waals surface area contributed by atoms with Gasteiger partial charge in [-0.3, -0.25) is 4.79 Å². The van der Waals surface area contributed by atoms with Crippen molar-refractivity contribution in [3.05, 3.63) is 22.4 Å². The molecule has 3 nitrogen and oxygen atoms in total. The minimum Gasteiger partial charge on any atom is -0.369 e. The van der Waals surface area contributed by atoms with Gasteiger partial charge in [0.2, 0.25) is 5.91 Å². The van der Waals surface area contributed by atoms with Crippen molar-refractivity contribution >= 4 is 33.2 Å². The molecule has 19 heavy (non-hydrogen) atoms. The van der Waals surface area contributed by atoms with Crippen molar-refractivity contribution in [3.63, 3.8) is 0 Å². The maximum atomic E-state index is 13.6. The summed E-state index contributed by atoms with van der Waals surface area (Å²) in [5.74, 6) is -0.299. The zero-order valence-electron chi connectivity index (χ0n) is 10.6. The fourth-order valence-corrected chi connectivity index (χ4v) is 3.34. The van der Waals surface area contributed by atoms with Crippen LogP contribution >= 0.6 is 15.9 Å². The Morgan fingerprint density at radius 2 is 1.79 bits per heavy atom. The highest BCUT2D eigenvalue weighted by molar-refractivity contribution is 9.10. The molecule has 0 aromatic heterocycles. The van der Waals surface area contributed by atoms with E-state index in [1.807, 2.05) is 0 Å². The number of hydrogen-bond acceptors (Lipinski definition) is 2. The van der Waals surface area contributed by atoms with Gasteiger partial charge in [0.05, 0.1) is 15.8 Å². The zero-order valence-corrected chi connectivity index (χ0v) is 12.1. The number of hydrogen-bond donors (Lipinski definition) is 2. The quantitative estimate of drug-likeness (QED) is 0.755. The lowest BCUT2D eigenvalue weighted by Gasteiger charge is -2.38. The first-order valence-corrected chi connectivity index (χ1v) is 7.49. The monoisotopic (exact) mass is 326 g/mol. The number of halogens is 2. The van der Waals surface area contributed by atoms with Crippen LogP contribution in [0.25, 0.3) is 0 Å². The Balaban J connectivity index is 1.98. The maximum absolute atomic E-state index is 13.6. The summed E-state index contributed by atoms with van der Waals surface area (Å²) in [6.45, 7) is 0. The second-order valence-corrected chi connectivity index (χ2v) is 6.24. The molecule has 2 aliphatic rings. The summed E-state index contributed by atoms with van der Waals surface area (Å²) in [6, 6.07) is 3.06. The molecule has 3 rings (SSSR count). The summed E-state index contributed by atoms with van der Waals surface area (Å²) in [5.41, 5.74) is 0.777. The van der Waals surface area contributed by atoms with Crippen molar-refractivity contribution in [1.82, 2.24) is 0 Å². The highest BCUT2D eigenvalue weighted by Crippen LogP contribution is 2.40. The van der Waals surface area contributed by atoms with Crippen LogP contribution in [0.2, 0.25) is 0 Å². The Labute approximate surface area is 120 Å². The third kappa shape index (κ3) is 2.24. The first kappa shape index (κ1) is 12.9. The van der Waals surface area contributed by atoms with Crippen molar-refractivity contribution in [2.45, 2.75) is 44.1 Å². The van der Waals surface area contributed by atoms with E-state index >= 15 is 0 Å². The number of fused-ring (bicyclic) bond motifs is 1. The molecule has 1 aliphatic carbocycles. The fourth-order valence-electron chi connectivity index (χ4n) is 2.99. The maximum Gasteiger partial charge on any atom is 0.250 e. The third-order valence-corrected chi connectivity index (χ3v) is 4.68. The van der Waals surface area contributed by atoms with Gasteiger partial charge in [0.15, 0.2) is 0 Å². The summed E-state index contributed by atoms with van der Waals surface area (Å²) in [5, 5.41) is 6.22. The molecule has 1 fully saturated rings. The summed E-state index contributed by atoms with van der Waals surface area (Å²) in [6.07, 6.45) is 6.03. The van der Waals surface area contributed by atoms with Crippen LogP contribution in [0.15, 0.2) is 16.6 Å². The van der Waals surface area contributed by atoms with Gasteiger partial charge in [-0.15, -0.1) is 0 Å². The molecular formula is C14H16BrFN2O. The average Bonchev–Trinajstić information content (AvgIpc) is 2.60. The van der Waals surface area contributed by atoms with Crippen LogP contribution in [0.1, 0.15) is 38.5 Å². The fraction of sp³-hybridized carbons (Fsp3) is 0.500. The summed E-state index contributed by atoms with van der Waals surface area (Å²) < 4.78 is 14.0. The van der Waals surface area contributed by atoms with Gasteiger partial charge in [0.25, 0.3) is 0 Å². The van der Waals surface area contributed by atoms with E-state index in [0.717, 1.165) is 38.5 Å². The standard InChI is InChI=1S/C14H16BrFN2O/c15-9-7-11-12(8-10(9)16)18-14(13(19)17-11)5-3-1-2-4-6-14/h7-8,18H,1-6H2,(H,17,19). The summed E-state index contributed by atoms with van der Waals surface area (Å²) in [4.78, 5) is 12.4. The predicted molar refractivity (Wildman–Crippen MR) is 76.8 cm³/mol. The van der Waals surface area contributed by atoms with Crippen molar-refractivity contribution in [1.29, 1.82) is 0 Å². The molecule has 1 heterocycles. The normalized spacial score (nSPS) is 21.3. The van der Waals surface area contributed by atoms with E-state index in [2.05, 4.69) is 26.6 Å². The van der Waals surface area contributed by atoms with Crippen LogP contribution < -0.4 is 10.6 Å². The number of carbonyl (C=O) groups is 1. The molecule has 1 spiro atoms. The third-order valence-electron chi connectivity index (χ3n) is 4.07. The molecule has 1 aromatic rings. The van der Waals surface area contributed by atoms with Gasteiger partial charge < -0.3 is 10.6 Å². The Morgan fingerprint density at radius 1 is 1.11 bits per heavy atom. The van der Waals surface area contributed by atoms with E-state index in [9.17, 15) is 9.18 Å². The molecule has 102 valence electrons. The van der Waals surface area contributed by atoms with Crippen molar-refractivity contribution in [2.75, 3.05) is 10.6 Å². The van der Waals surface area contributed by atoms with Crippen LogP contribution in [0.5, 0.6) is 0 Å². The van der Waals surface area contributed by atoms with E-state index in [0.29, 0.717) is 15.8 Å².